The van der Waals surface area contributed by atoms with Crippen LogP contribution in [-0.2, 0) is 4.79 Å². The number of nitrogens with one attached hydrogen (secondary N) is 2. The predicted octanol–water partition coefficient (Wildman–Crippen LogP) is 2.67. The fourth-order valence-electron chi connectivity index (χ4n) is 3.14. The Labute approximate surface area is 140 Å². The van der Waals surface area contributed by atoms with Gasteiger partial charge in [0, 0.05) is 30.9 Å². The first kappa shape index (κ1) is 17.5. The van der Waals surface area contributed by atoms with Gasteiger partial charge >= 0.3 is 0 Å². The van der Waals surface area contributed by atoms with Gasteiger partial charge in [-0.3, -0.25) is 9.69 Å². The molecule has 122 valence electrons. The van der Waals surface area contributed by atoms with Gasteiger partial charge in [0.25, 0.3) is 0 Å². The Bertz CT molecular complexity index is 544. The molecule has 2 aliphatic rings. The number of halogens is 3. The van der Waals surface area contributed by atoms with Crippen LogP contribution in [0, 0.1) is 5.82 Å². The third-order valence-corrected chi connectivity index (χ3v) is 4.47. The van der Waals surface area contributed by atoms with Gasteiger partial charge in [-0.2, -0.15) is 0 Å². The summed E-state index contributed by atoms with van der Waals surface area (Å²) in [6, 6.07) is 5.32. The number of hydrogen-bond acceptors (Lipinski definition) is 3. The van der Waals surface area contributed by atoms with Gasteiger partial charge in [-0.25, -0.2) is 4.39 Å². The minimum absolute atomic E-state index is 0. The summed E-state index contributed by atoms with van der Waals surface area (Å²) in [4.78, 5) is 14.3. The van der Waals surface area contributed by atoms with Crippen molar-refractivity contribution in [1.82, 2.24) is 10.2 Å². The summed E-state index contributed by atoms with van der Waals surface area (Å²) < 4.78 is 13.1. The topological polar surface area (TPSA) is 44.4 Å². The molecule has 7 heteroatoms. The molecule has 3 rings (SSSR count). The van der Waals surface area contributed by atoms with E-state index in [0.717, 1.165) is 19.5 Å². The number of rotatable bonds is 3. The van der Waals surface area contributed by atoms with E-state index in [1.807, 2.05) is 0 Å². The van der Waals surface area contributed by atoms with Crippen molar-refractivity contribution in [3.05, 3.63) is 29.0 Å². The lowest BCUT2D eigenvalue weighted by molar-refractivity contribution is -0.117. The minimum Gasteiger partial charge on any atom is -0.325 e. The van der Waals surface area contributed by atoms with Gasteiger partial charge in [-0.1, -0.05) is 11.6 Å². The molecule has 2 N–H and O–H groups in total. The number of likely N-dealkylation sites (tertiary alicyclic amines) is 1. The number of benzene rings is 1. The zero-order valence-electron chi connectivity index (χ0n) is 12.1. The van der Waals surface area contributed by atoms with E-state index in [1.165, 1.54) is 31.0 Å². The summed E-state index contributed by atoms with van der Waals surface area (Å²) in [6.07, 6.45) is 3.53. The van der Waals surface area contributed by atoms with E-state index in [4.69, 9.17) is 11.6 Å². The second-order valence-corrected chi connectivity index (χ2v) is 6.25. The molecule has 4 nitrogen and oxygen atoms in total. The van der Waals surface area contributed by atoms with Crippen LogP contribution in [0.5, 0.6) is 0 Å². The zero-order valence-corrected chi connectivity index (χ0v) is 13.7. The molecule has 2 unspecified atom stereocenters. The monoisotopic (exact) mass is 347 g/mol. The molecule has 0 radical (unpaired) electrons. The first-order valence-electron chi connectivity index (χ1n) is 7.33. The smallest absolute Gasteiger partial charge is 0.238 e. The Hall–Kier alpha value is -0.880. The van der Waals surface area contributed by atoms with Crippen molar-refractivity contribution in [2.45, 2.75) is 31.3 Å². The fraction of sp³-hybridized carbons (Fsp3) is 0.533. The molecule has 2 atom stereocenters. The number of fused-ring (bicyclic) bond motifs is 2. The van der Waals surface area contributed by atoms with Crippen molar-refractivity contribution >= 4 is 35.6 Å². The van der Waals surface area contributed by atoms with E-state index < -0.39 is 5.82 Å². The molecule has 0 aromatic heterocycles. The van der Waals surface area contributed by atoms with Crippen molar-refractivity contribution < 1.29 is 9.18 Å². The molecule has 2 heterocycles. The van der Waals surface area contributed by atoms with Crippen LogP contribution in [0.25, 0.3) is 0 Å². The SMILES string of the molecule is Cl.O=C(CN1CCC2CCC(C1)N2)Nc1ccc(F)c(Cl)c1. The highest BCUT2D eigenvalue weighted by atomic mass is 35.5. The maximum absolute atomic E-state index is 13.1. The van der Waals surface area contributed by atoms with Crippen molar-refractivity contribution in [2.75, 3.05) is 25.0 Å². The molecule has 1 amide bonds. The van der Waals surface area contributed by atoms with E-state index in [1.54, 1.807) is 0 Å². The highest BCUT2D eigenvalue weighted by molar-refractivity contribution is 6.31. The molecular weight excluding hydrogens is 328 g/mol. The molecule has 0 saturated carbocycles. The Morgan fingerprint density at radius 3 is 2.91 bits per heavy atom. The van der Waals surface area contributed by atoms with Crippen LogP contribution in [0.1, 0.15) is 19.3 Å². The van der Waals surface area contributed by atoms with Crippen LogP contribution in [0.4, 0.5) is 10.1 Å². The quantitative estimate of drug-likeness (QED) is 0.883. The number of amides is 1. The first-order valence-corrected chi connectivity index (χ1v) is 7.71. The molecule has 1 aromatic rings. The standard InChI is InChI=1S/C15H19ClFN3O.ClH/c16-13-7-11(3-4-14(13)17)19-15(21)9-20-6-5-10-1-2-12(8-20)18-10;/h3-4,7,10,12,18H,1-2,5-6,8-9H2,(H,19,21);1H. The summed E-state index contributed by atoms with van der Waals surface area (Å²) >= 11 is 5.71. The van der Waals surface area contributed by atoms with Gasteiger partial charge in [0.2, 0.25) is 5.91 Å². The maximum Gasteiger partial charge on any atom is 0.238 e. The largest absolute Gasteiger partial charge is 0.325 e. The molecule has 2 bridgehead atoms. The number of carbonyl (C=O) groups excluding carboxylic acids is 1. The van der Waals surface area contributed by atoms with Crippen LogP contribution in [0.3, 0.4) is 0 Å². The summed E-state index contributed by atoms with van der Waals surface area (Å²) in [5.74, 6) is -0.570. The Morgan fingerprint density at radius 2 is 2.14 bits per heavy atom. The Morgan fingerprint density at radius 1 is 1.36 bits per heavy atom. The van der Waals surface area contributed by atoms with E-state index in [2.05, 4.69) is 15.5 Å². The lowest BCUT2D eigenvalue weighted by atomic mass is 10.1. The number of hydrogen-bond donors (Lipinski definition) is 2. The molecule has 2 fully saturated rings. The van der Waals surface area contributed by atoms with Crippen molar-refractivity contribution in [3.8, 4) is 0 Å². The van der Waals surface area contributed by atoms with Gasteiger partial charge in [0.1, 0.15) is 5.82 Å². The van der Waals surface area contributed by atoms with E-state index in [9.17, 15) is 9.18 Å². The number of carbonyl (C=O) groups is 1. The van der Waals surface area contributed by atoms with Crippen LogP contribution in [0.15, 0.2) is 18.2 Å². The average Bonchev–Trinajstić information content (AvgIpc) is 2.77. The summed E-state index contributed by atoms with van der Waals surface area (Å²) in [5, 5.41) is 6.37. The third-order valence-electron chi connectivity index (χ3n) is 4.18. The predicted molar refractivity (Wildman–Crippen MR) is 88.3 cm³/mol. The van der Waals surface area contributed by atoms with Crippen LogP contribution < -0.4 is 10.6 Å². The van der Waals surface area contributed by atoms with E-state index in [-0.39, 0.29) is 23.3 Å². The Balaban J connectivity index is 0.00000176. The second-order valence-electron chi connectivity index (χ2n) is 5.84. The fourth-order valence-corrected chi connectivity index (χ4v) is 3.32. The Kier molecular flexibility index (Phi) is 6.03. The molecule has 2 saturated heterocycles. The molecule has 1 aromatic carbocycles. The normalized spacial score (nSPS) is 24.5. The van der Waals surface area contributed by atoms with Crippen LogP contribution >= 0.6 is 24.0 Å². The molecule has 0 aliphatic carbocycles. The minimum atomic E-state index is -0.482. The van der Waals surface area contributed by atoms with Crippen molar-refractivity contribution in [1.29, 1.82) is 0 Å². The van der Waals surface area contributed by atoms with Crippen LogP contribution in [0.2, 0.25) is 5.02 Å². The van der Waals surface area contributed by atoms with E-state index in [0.29, 0.717) is 24.3 Å². The zero-order chi connectivity index (χ0) is 14.8. The molecule has 0 spiro atoms. The van der Waals surface area contributed by atoms with Gasteiger partial charge in [0.05, 0.1) is 11.6 Å². The lowest BCUT2D eigenvalue weighted by Crippen LogP contribution is -2.39. The van der Waals surface area contributed by atoms with Crippen molar-refractivity contribution in [2.24, 2.45) is 0 Å². The molecule has 2 aliphatic heterocycles. The maximum atomic E-state index is 13.1. The van der Waals surface area contributed by atoms with Crippen LogP contribution in [-0.4, -0.2) is 42.5 Å². The molecule has 22 heavy (non-hydrogen) atoms. The first-order chi connectivity index (χ1) is 10.1. The van der Waals surface area contributed by atoms with Gasteiger partial charge in [-0.05, 0) is 37.5 Å². The van der Waals surface area contributed by atoms with Crippen molar-refractivity contribution in [3.63, 3.8) is 0 Å². The van der Waals surface area contributed by atoms with Gasteiger partial charge < -0.3 is 10.6 Å². The summed E-state index contributed by atoms with van der Waals surface area (Å²) in [7, 11) is 0. The molecular formula is C15H20Cl2FN3O. The van der Waals surface area contributed by atoms with E-state index >= 15 is 0 Å². The summed E-state index contributed by atoms with van der Waals surface area (Å²) in [6.45, 7) is 2.21. The summed E-state index contributed by atoms with van der Waals surface area (Å²) in [5.41, 5.74) is 0.529. The number of anilines is 1. The number of nitrogens with zero attached hydrogens (tertiary/aromatic N) is 1. The lowest BCUT2D eigenvalue weighted by Gasteiger charge is -2.23. The second kappa shape index (κ2) is 7.59. The van der Waals surface area contributed by atoms with Gasteiger partial charge in [0.15, 0.2) is 0 Å². The van der Waals surface area contributed by atoms with Gasteiger partial charge in [-0.15, -0.1) is 12.4 Å². The average molecular weight is 348 g/mol. The third kappa shape index (κ3) is 4.32. The highest BCUT2D eigenvalue weighted by Crippen LogP contribution is 2.21. The highest BCUT2D eigenvalue weighted by Gasteiger charge is 2.29.